The Morgan fingerprint density at radius 3 is 2.60 bits per heavy atom. The van der Waals surface area contributed by atoms with Crippen molar-refractivity contribution >= 4 is 34.7 Å². The lowest BCUT2D eigenvalue weighted by Crippen LogP contribution is -2.15. The quantitative estimate of drug-likeness (QED) is 0.667. The topological polar surface area (TPSA) is 42.0 Å². The van der Waals surface area contributed by atoms with Gasteiger partial charge in [-0.2, -0.15) is 0 Å². The average molecular weight is 372 g/mol. The van der Waals surface area contributed by atoms with Gasteiger partial charge < -0.3 is 5.32 Å². The van der Waals surface area contributed by atoms with Crippen molar-refractivity contribution in [2.75, 3.05) is 5.32 Å². The number of carbonyl (C=O) groups is 1. The highest BCUT2D eigenvalue weighted by Gasteiger charge is 2.08. The Balaban J connectivity index is 1.64. The van der Waals surface area contributed by atoms with Crippen molar-refractivity contribution < 1.29 is 9.18 Å². The van der Waals surface area contributed by atoms with Gasteiger partial charge in [-0.05, 0) is 55.3 Å². The molecule has 0 aliphatic carbocycles. The molecule has 25 heavy (non-hydrogen) atoms. The second-order valence-corrected chi connectivity index (χ2v) is 7.86. The van der Waals surface area contributed by atoms with E-state index in [0.717, 1.165) is 31.7 Å². The summed E-state index contributed by atoms with van der Waals surface area (Å²) in [6.07, 6.45) is 0.217. The third-order valence-electron chi connectivity index (χ3n) is 3.55. The second kappa shape index (κ2) is 7.80. The van der Waals surface area contributed by atoms with Crippen molar-refractivity contribution in [3.8, 4) is 0 Å². The van der Waals surface area contributed by atoms with Crippen LogP contribution in [-0.2, 0) is 11.2 Å². The van der Waals surface area contributed by atoms with Gasteiger partial charge in [0.15, 0.2) is 4.34 Å². The number of nitrogens with one attached hydrogen (secondary N) is 1. The SMILES string of the molecule is Cc1csc(Sc2ccc(NC(=O)Cc3ccc(F)cc3)c(C)c2)n1. The summed E-state index contributed by atoms with van der Waals surface area (Å²) in [6.45, 7) is 3.94. The van der Waals surface area contributed by atoms with Crippen LogP contribution in [0.3, 0.4) is 0 Å². The van der Waals surface area contributed by atoms with Crippen LogP contribution >= 0.6 is 23.1 Å². The summed E-state index contributed by atoms with van der Waals surface area (Å²) in [5.41, 5.74) is 3.58. The molecule has 1 N–H and O–H groups in total. The summed E-state index contributed by atoms with van der Waals surface area (Å²) in [7, 11) is 0. The number of benzene rings is 2. The van der Waals surface area contributed by atoms with Crippen LogP contribution in [0.5, 0.6) is 0 Å². The van der Waals surface area contributed by atoms with Gasteiger partial charge in [0.2, 0.25) is 5.91 Å². The third kappa shape index (κ3) is 4.90. The Kier molecular flexibility index (Phi) is 5.50. The molecule has 0 aliphatic rings. The molecule has 1 heterocycles. The van der Waals surface area contributed by atoms with E-state index in [1.165, 1.54) is 12.1 Å². The molecule has 0 unspecified atom stereocenters. The van der Waals surface area contributed by atoms with E-state index in [1.54, 1.807) is 35.2 Å². The normalized spacial score (nSPS) is 10.7. The second-order valence-electron chi connectivity index (χ2n) is 5.69. The number of thiazole rings is 1. The monoisotopic (exact) mass is 372 g/mol. The standard InChI is InChI=1S/C19H17FN2OS2/c1-12-9-16(25-19-21-13(2)11-24-19)7-8-17(12)22-18(23)10-14-3-5-15(20)6-4-14/h3-9,11H,10H2,1-2H3,(H,22,23). The molecule has 0 atom stereocenters. The molecule has 3 rings (SSSR count). The third-order valence-corrected chi connectivity index (χ3v) is 5.60. The van der Waals surface area contributed by atoms with E-state index in [9.17, 15) is 9.18 Å². The average Bonchev–Trinajstić information content (AvgIpc) is 2.97. The maximum atomic E-state index is 12.9. The van der Waals surface area contributed by atoms with Crippen molar-refractivity contribution in [1.29, 1.82) is 0 Å². The van der Waals surface area contributed by atoms with Crippen LogP contribution in [-0.4, -0.2) is 10.9 Å². The highest BCUT2D eigenvalue weighted by molar-refractivity contribution is 8.01. The van der Waals surface area contributed by atoms with E-state index >= 15 is 0 Å². The minimum Gasteiger partial charge on any atom is -0.326 e. The van der Waals surface area contributed by atoms with Gasteiger partial charge in [0.05, 0.1) is 6.42 Å². The molecule has 128 valence electrons. The fourth-order valence-corrected chi connectivity index (χ4v) is 4.21. The molecule has 0 fully saturated rings. The first-order chi connectivity index (χ1) is 12.0. The molecule has 0 bridgehead atoms. The molecule has 3 aromatic rings. The number of carbonyl (C=O) groups excluding carboxylic acids is 1. The van der Waals surface area contributed by atoms with Crippen LogP contribution in [0.2, 0.25) is 0 Å². The highest BCUT2D eigenvalue weighted by Crippen LogP contribution is 2.32. The van der Waals surface area contributed by atoms with Crippen molar-refractivity contribution in [3.63, 3.8) is 0 Å². The summed E-state index contributed by atoms with van der Waals surface area (Å²) < 4.78 is 13.9. The predicted octanol–water partition coefficient (Wildman–Crippen LogP) is 5.23. The van der Waals surface area contributed by atoms with Crippen LogP contribution in [0.1, 0.15) is 16.8 Å². The van der Waals surface area contributed by atoms with Gasteiger partial charge in [-0.1, -0.05) is 23.9 Å². The fourth-order valence-electron chi connectivity index (χ4n) is 2.30. The Labute approximate surface area is 154 Å². The minimum atomic E-state index is -0.302. The van der Waals surface area contributed by atoms with E-state index in [1.807, 2.05) is 37.4 Å². The van der Waals surface area contributed by atoms with Gasteiger partial charge in [0, 0.05) is 21.7 Å². The molecule has 0 spiro atoms. The maximum Gasteiger partial charge on any atom is 0.228 e. The number of nitrogens with zero attached hydrogens (tertiary/aromatic N) is 1. The van der Waals surface area contributed by atoms with Crippen LogP contribution in [0.25, 0.3) is 0 Å². The van der Waals surface area contributed by atoms with Gasteiger partial charge in [0.25, 0.3) is 0 Å². The number of rotatable bonds is 5. The largest absolute Gasteiger partial charge is 0.326 e. The van der Waals surface area contributed by atoms with E-state index < -0.39 is 0 Å². The number of anilines is 1. The molecule has 0 radical (unpaired) electrons. The molecule has 2 aromatic carbocycles. The van der Waals surface area contributed by atoms with E-state index in [2.05, 4.69) is 10.3 Å². The lowest BCUT2D eigenvalue weighted by Gasteiger charge is -2.10. The summed E-state index contributed by atoms with van der Waals surface area (Å²) in [4.78, 5) is 17.7. The Bertz CT molecular complexity index is 891. The first-order valence-corrected chi connectivity index (χ1v) is 9.44. The van der Waals surface area contributed by atoms with Crippen LogP contribution in [0.4, 0.5) is 10.1 Å². The van der Waals surface area contributed by atoms with Crippen molar-refractivity contribution in [3.05, 3.63) is 70.5 Å². The number of amides is 1. The zero-order valence-corrected chi connectivity index (χ0v) is 15.5. The Morgan fingerprint density at radius 1 is 1.20 bits per heavy atom. The van der Waals surface area contributed by atoms with Gasteiger partial charge in [0.1, 0.15) is 5.82 Å². The lowest BCUT2D eigenvalue weighted by atomic mass is 10.1. The first kappa shape index (κ1) is 17.6. The zero-order chi connectivity index (χ0) is 17.8. The fraction of sp³-hybridized carbons (Fsp3) is 0.158. The van der Waals surface area contributed by atoms with Gasteiger partial charge in [-0.15, -0.1) is 11.3 Å². The number of halogens is 1. The van der Waals surface area contributed by atoms with Crippen LogP contribution in [0, 0.1) is 19.7 Å². The molecule has 0 saturated carbocycles. The van der Waals surface area contributed by atoms with E-state index in [0.29, 0.717) is 0 Å². The summed E-state index contributed by atoms with van der Waals surface area (Å²) in [6, 6.07) is 11.9. The van der Waals surface area contributed by atoms with E-state index in [4.69, 9.17) is 0 Å². The van der Waals surface area contributed by atoms with Gasteiger partial charge >= 0.3 is 0 Å². The number of hydrogen-bond acceptors (Lipinski definition) is 4. The molecule has 0 aliphatic heterocycles. The summed E-state index contributed by atoms with van der Waals surface area (Å²) in [5, 5.41) is 4.94. The van der Waals surface area contributed by atoms with Crippen LogP contribution < -0.4 is 5.32 Å². The van der Waals surface area contributed by atoms with Crippen molar-refractivity contribution in [1.82, 2.24) is 4.98 Å². The molecular weight excluding hydrogens is 355 g/mol. The summed E-state index contributed by atoms with van der Waals surface area (Å²) in [5.74, 6) is -0.422. The predicted molar refractivity (Wildman–Crippen MR) is 101 cm³/mol. The lowest BCUT2D eigenvalue weighted by molar-refractivity contribution is -0.115. The van der Waals surface area contributed by atoms with Crippen molar-refractivity contribution in [2.45, 2.75) is 29.5 Å². The van der Waals surface area contributed by atoms with E-state index in [-0.39, 0.29) is 18.1 Å². The minimum absolute atomic E-state index is 0.120. The molecule has 1 aromatic heterocycles. The zero-order valence-electron chi connectivity index (χ0n) is 13.9. The van der Waals surface area contributed by atoms with Gasteiger partial charge in [-0.3, -0.25) is 4.79 Å². The molecular formula is C19H17FN2OS2. The summed E-state index contributed by atoms with van der Waals surface area (Å²) >= 11 is 3.24. The Hall–Kier alpha value is -2.18. The molecule has 6 heteroatoms. The van der Waals surface area contributed by atoms with Crippen molar-refractivity contribution in [2.24, 2.45) is 0 Å². The maximum absolute atomic E-state index is 12.9. The smallest absolute Gasteiger partial charge is 0.228 e. The Morgan fingerprint density at radius 2 is 1.96 bits per heavy atom. The number of aromatic nitrogens is 1. The molecule has 0 saturated heterocycles. The van der Waals surface area contributed by atoms with Gasteiger partial charge in [-0.25, -0.2) is 9.37 Å². The first-order valence-electron chi connectivity index (χ1n) is 7.74. The molecule has 1 amide bonds. The molecule has 3 nitrogen and oxygen atoms in total. The number of aryl methyl sites for hydroxylation is 2. The number of hydrogen-bond donors (Lipinski definition) is 1. The van der Waals surface area contributed by atoms with Crippen LogP contribution in [0.15, 0.2) is 57.1 Å². The highest BCUT2D eigenvalue weighted by atomic mass is 32.2.